The molecule has 0 aliphatic rings. The number of allylic oxidation sites excluding steroid dienone is 3. The average molecular weight is 221 g/mol. The first-order valence-electron chi connectivity index (χ1n) is 5.03. The molecule has 0 amide bonds. The van der Waals surface area contributed by atoms with Crippen molar-refractivity contribution in [3.05, 3.63) is 52.1 Å². The molecule has 1 aromatic carbocycles. The lowest BCUT2D eigenvalue weighted by Crippen LogP contribution is -1.90. The van der Waals surface area contributed by atoms with Crippen LogP contribution < -0.4 is 0 Å². The maximum Gasteiger partial charge on any atom is 0.0412 e. The van der Waals surface area contributed by atoms with Crippen molar-refractivity contribution >= 4 is 17.2 Å². The second-order valence-electron chi connectivity index (χ2n) is 3.99. The van der Waals surface area contributed by atoms with E-state index in [1.54, 1.807) is 0 Å². The molecule has 1 heteroatoms. The smallest absolute Gasteiger partial charge is 0.0412 e. The van der Waals surface area contributed by atoms with E-state index >= 15 is 0 Å². The van der Waals surface area contributed by atoms with Crippen molar-refractivity contribution in [2.45, 2.75) is 27.7 Å². The molecular weight excluding hydrogens is 204 g/mol. The molecule has 0 saturated carbocycles. The van der Waals surface area contributed by atoms with Crippen LogP contribution in [0.25, 0.3) is 5.57 Å². The predicted octanol–water partition coefficient (Wildman–Crippen LogP) is 5.02. The minimum Gasteiger partial charge on any atom is -0.0958 e. The van der Waals surface area contributed by atoms with Gasteiger partial charge in [-0.05, 0) is 62.1 Å². The summed E-state index contributed by atoms with van der Waals surface area (Å²) in [5, 5.41) is 0.782. The molecule has 0 nitrogen and oxygen atoms in total. The minimum absolute atomic E-state index is 0.782. The largest absolute Gasteiger partial charge is 0.0958 e. The van der Waals surface area contributed by atoms with Gasteiger partial charge in [-0.15, -0.1) is 0 Å². The summed E-state index contributed by atoms with van der Waals surface area (Å²) in [5.41, 5.74) is 6.05. The van der Waals surface area contributed by atoms with Gasteiger partial charge < -0.3 is 0 Å². The zero-order valence-electron chi connectivity index (χ0n) is 9.82. The summed E-state index contributed by atoms with van der Waals surface area (Å²) in [6.45, 7) is 12.3. The van der Waals surface area contributed by atoms with Crippen LogP contribution in [0.15, 0.2) is 35.9 Å². The monoisotopic (exact) mass is 220 g/mol. The molecule has 0 heterocycles. The lowest BCUT2D eigenvalue weighted by Gasteiger charge is -2.11. The number of benzene rings is 1. The van der Waals surface area contributed by atoms with Gasteiger partial charge in [-0.3, -0.25) is 0 Å². The Bertz CT molecular complexity index is 425. The van der Waals surface area contributed by atoms with Gasteiger partial charge in [-0.2, -0.15) is 0 Å². The Morgan fingerprint density at radius 3 is 2.33 bits per heavy atom. The highest BCUT2D eigenvalue weighted by Gasteiger charge is 2.05. The van der Waals surface area contributed by atoms with Crippen LogP contribution in [0.4, 0.5) is 0 Å². The Morgan fingerprint density at radius 1 is 1.20 bits per heavy atom. The van der Waals surface area contributed by atoms with Gasteiger partial charge in [0.2, 0.25) is 0 Å². The van der Waals surface area contributed by atoms with Gasteiger partial charge in [0.25, 0.3) is 0 Å². The fraction of sp³-hybridized carbons (Fsp3) is 0.286. The lowest BCUT2D eigenvalue weighted by atomic mass is 9.95. The molecular formula is C14H17Cl. The van der Waals surface area contributed by atoms with E-state index in [9.17, 15) is 0 Å². The van der Waals surface area contributed by atoms with E-state index in [1.807, 2.05) is 25.1 Å². The Morgan fingerprint density at radius 2 is 1.80 bits per heavy atom. The fourth-order valence-corrected chi connectivity index (χ4v) is 1.69. The van der Waals surface area contributed by atoms with Crippen LogP contribution >= 0.6 is 11.6 Å². The maximum absolute atomic E-state index is 6.00. The van der Waals surface area contributed by atoms with Crippen molar-refractivity contribution in [1.82, 2.24) is 0 Å². The molecule has 0 fully saturated rings. The first kappa shape index (κ1) is 12.1. The van der Waals surface area contributed by atoms with Crippen molar-refractivity contribution in [2.75, 3.05) is 0 Å². The zero-order chi connectivity index (χ0) is 11.6. The molecule has 1 rings (SSSR count). The first-order chi connectivity index (χ1) is 6.93. The summed E-state index contributed by atoms with van der Waals surface area (Å²) in [5.74, 6) is 0. The van der Waals surface area contributed by atoms with Gasteiger partial charge in [-0.1, -0.05) is 29.8 Å². The molecule has 0 atom stereocenters. The molecule has 0 aliphatic heterocycles. The second-order valence-corrected chi connectivity index (χ2v) is 4.43. The Kier molecular flexibility index (Phi) is 3.76. The molecule has 0 aliphatic carbocycles. The Balaban J connectivity index is 3.33. The van der Waals surface area contributed by atoms with E-state index in [0.717, 1.165) is 10.6 Å². The molecule has 15 heavy (non-hydrogen) atoms. The third-order valence-corrected chi connectivity index (χ3v) is 3.04. The summed E-state index contributed by atoms with van der Waals surface area (Å²) in [7, 11) is 0. The molecule has 0 radical (unpaired) electrons. The third kappa shape index (κ3) is 2.73. The Hall–Kier alpha value is -1.01. The van der Waals surface area contributed by atoms with Crippen molar-refractivity contribution in [3.63, 3.8) is 0 Å². The molecule has 0 bridgehead atoms. The molecule has 1 aromatic rings. The van der Waals surface area contributed by atoms with Crippen LogP contribution in [0.5, 0.6) is 0 Å². The van der Waals surface area contributed by atoms with Gasteiger partial charge in [0.05, 0.1) is 0 Å². The van der Waals surface area contributed by atoms with Crippen molar-refractivity contribution in [3.8, 4) is 0 Å². The van der Waals surface area contributed by atoms with Gasteiger partial charge in [0.1, 0.15) is 0 Å². The molecule has 0 saturated heterocycles. The summed E-state index contributed by atoms with van der Waals surface area (Å²) < 4.78 is 0. The highest BCUT2D eigenvalue weighted by Crippen LogP contribution is 2.27. The number of rotatable bonds is 2. The molecule has 80 valence electrons. The molecule has 0 unspecified atom stereocenters. The van der Waals surface area contributed by atoms with Crippen molar-refractivity contribution < 1.29 is 0 Å². The zero-order valence-corrected chi connectivity index (χ0v) is 10.6. The number of hydrogen-bond donors (Lipinski definition) is 0. The van der Waals surface area contributed by atoms with E-state index < -0.39 is 0 Å². The SMILES string of the molecule is C=C(C)/C(C)=C(\C)c1cc(Cl)ccc1C. The van der Waals surface area contributed by atoms with Crippen LogP contribution in [0, 0.1) is 6.92 Å². The van der Waals surface area contributed by atoms with Gasteiger partial charge in [0, 0.05) is 5.02 Å². The normalized spacial score (nSPS) is 12.3. The minimum atomic E-state index is 0.782. The maximum atomic E-state index is 6.00. The first-order valence-corrected chi connectivity index (χ1v) is 5.41. The number of halogens is 1. The predicted molar refractivity (Wildman–Crippen MR) is 69.3 cm³/mol. The van der Waals surface area contributed by atoms with Crippen LogP contribution in [0.2, 0.25) is 5.02 Å². The molecule has 0 spiro atoms. The highest BCUT2D eigenvalue weighted by molar-refractivity contribution is 6.30. The Labute approximate surface area is 97.3 Å². The number of hydrogen-bond acceptors (Lipinski definition) is 0. The van der Waals surface area contributed by atoms with Crippen LogP contribution in [-0.2, 0) is 0 Å². The third-order valence-electron chi connectivity index (χ3n) is 2.81. The van der Waals surface area contributed by atoms with Crippen LogP contribution in [-0.4, -0.2) is 0 Å². The highest BCUT2D eigenvalue weighted by atomic mass is 35.5. The summed E-state index contributed by atoms with van der Waals surface area (Å²) in [4.78, 5) is 0. The fourth-order valence-electron chi connectivity index (χ4n) is 1.52. The summed E-state index contributed by atoms with van der Waals surface area (Å²) >= 11 is 6.00. The van der Waals surface area contributed by atoms with Crippen LogP contribution in [0.1, 0.15) is 31.9 Å². The van der Waals surface area contributed by atoms with Crippen molar-refractivity contribution in [2.24, 2.45) is 0 Å². The van der Waals surface area contributed by atoms with Crippen LogP contribution in [0.3, 0.4) is 0 Å². The van der Waals surface area contributed by atoms with Crippen molar-refractivity contribution in [1.29, 1.82) is 0 Å². The topological polar surface area (TPSA) is 0 Å². The lowest BCUT2D eigenvalue weighted by molar-refractivity contribution is 1.32. The van der Waals surface area contributed by atoms with E-state index in [4.69, 9.17) is 11.6 Å². The van der Waals surface area contributed by atoms with E-state index in [-0.39, 0.29) is 0 Å². The van der Waals surface area contributed by atoms with Gasteiger partial charge in [-0.25, -0.2) is 0 Å². The summed E-state index contributed by atoms with van der Waals surface area (Å²) in [6.07, 6.45) is 0. The number of aryl methyl sites for hydroxylation is 1. The van der Waals surface area contributed by atoms with E-state index in [0.29, 0.717) is 0 Å². The molecule has 0 N–H and O–H groups in total. The second kappa shape index (κ2) is 4.67. The van der Waals surface area contributed by atoms with E-state index in [1.165, 1.54) is 22.3 Å². The van der Waals surface area contributed by atoms with Gasteiger partial charge in [0.15, 0.2) is 0 Å². The van der Waals surface area contributed by atoms with E-state index in [2.05, 4.69) is 27.4 Å². The molecule has 0 aromatic heterocycles. The summed E-state index contributed by atoms with van der Waals surface area (Å²) in [6, 6.07) is 5.98. The van der Waals surface area contributed by atoms with Gasteiger partial charge >= 0.3 is 0 Å². The average Bonchev–Trinajstić information content (AvgIpc) is 2.19. The standard InChI is InChI=1S/C14H17Cl/c1-9(2)11(4)12(5)14-8-13(15)7-6-10(14)3/h6-8H,1H2,2-5H3/b12-11+. The quantitative estimate of drug-likeness (QED) is 0.614.